The van der Waals surface area contributed by atoms with Gasteiger partial charge in [0.2, 0.25) is 0 Å². The second-order valence-electron chi connectivity index (χ2n) is 4.73. The molecule has 0 unspecified atom stereocenters. The van der Waals surface area contributed by atoms with Crippen molar-refractivity contribution in [1.29, 1.82) is 0 Å². The molecule has 1 fully saturated rings. The van der Waals surface area contributed by atoms with E-state index in [1.807, 2.05) is 6.07 Å². The average Bonchev–Trinajstić information content (AvgIpc) is 3.13. The van der Waals surface area contributed by atoms with Crippen LogP contribution in [-0.2, 0) is 0 Å². The van der Waals surface area contributed by atoms with Gasteiger partial charge in [-0.25, -0.2) is 0 Å². The molecular weight excluding hydrogens is 194 g/mol. The van der Waals surface area contributed by atoms with Gasteiger partial charge in [0, 0.05) is 6.54 Å². The van der Waals surface area contributed by atoms with E-state index in [4.69, 9.17) is 0 Å². The van der Waals surface area contributed by atoms with Gasteiger partial charge in [-0.2, -0.15) is 0 Å². The summed E-state index contributed by atoms with van der Waals surface area (Å²) in [5, 5.41) is 3.47. The number of rotatable bonds is 7. The molecule has 0 aromatic heterocycles. The second-order valence-corrected chi connectivity index (χ2v) is 4.73. The van der Waals surface area contributed by atoms with Crippen molar-refractivity contribution in [2.75, 3.05) is 13.1 Å². The fourth-order valence-corrected chi connectivity index (χ4v) is 1.94. The van der Waals surface area contributed by atoms with Crippen LogP contribution in [0.2, 0.25) is 0 Å². The summed E-state index contributed by atoms with van der Waals surface area (Å²) >= 11 is 0. The Bertz CT molecular complexity index is 325. The highest BCUT2D eigenvalue weighted by Crippen LogP contribution is 2.33. The van der Waals surface area contributed by atoms with E-state index in [-0.39, 0.29) is 0 Å². The Morgan fingerprint density at radius 3 is 2.69 bits per heavy atom. The molecule has 16 heavy (non-hydrogen) atoms. The molecule has 1 saturated carbocycles. The Kier molecular flexibility index (Phi) is 4.17. The highest BCUT2D eigenvalue weighted by Gasteiger charge is 2.19. The second kappa shape index (κ2) is 5.86. The molecule has 1 heteroatoms. The summed E-state index contributed by atoms with van der Waals surface area (Å²) in [6, 6.07) is 10.4. The number of hydrogen-bond acceptors (Lipinski definition) is 1. The Labute approximate surface area is 98.6 Å². The number of benzene rings is 1. The van der Waals surface area contributed by atoms with Gasteiger partial charge in [0.05, 0.1) is 0 Å². The van der Waals surface area contributed by atoms with Crippen LogP contribution >= 0.6 is 0 Å². The molecule has 0 amide bonds. The van der Waals surface area contributed by atoms with Crippen LogP contribution in [0.1, 0.15) is 31.2 Å². The monoisotopic (exact) mass is 215 g/mol. The van der Waals surface area contributed by atoms with Gasteiger partial charge >= 0.3 is 0 Å². The van der Waals surface area contributed by atoms with E-state index in [0.717, 1.165) is 19.0 Å². The molecule has 2 rings (SSSR count). The van der Waals surface area contributed by atoms with Crippen molar-refractivity contribution in [2.45, 2.75) is 25.7 Å². The lowest BCUT2D eigenvalue weighted by Crippen LogP contribution is -2.17. The minimum absolute atomic E-state index is 0.911. The van der Waals surface area contributed by atoms with Gasteiger partial charge in [-0.1, -0.05) is 49.8 Å². The summed E-state index contributed by atoms with van der Waals surface area (Å²) in [6.45, 7) is 6.15. The smallest absolute Gasteiger partial charge is 0.0205 e. The van der Waals surface area contributed by atoms with Crippen molar-refractivity contribution in [3.63, 3.8) is 0 Å². The summed E-state index contributed by atoms with van der Waals surface area (Å²) in [6.07, 6.45) is 5.66. The van der Waals surface area contributed by atoms with Crippen molar-refractivity contribution in [2.24, 2.45) is 5.92 Å². The van der Waals surface area contributed by atoms with Gasteiger partial charge in [-0.05, 0) is 36.4 Å². The molecule has 1 N–H and O–H groups in total. The zero-order valence-electron chi connectivity index (χ0n) is 9.91. The molecule has 86 valence electrons. The van der Waals surface area contributed by atoms with E-state index < -0.39 is 0 Å². The van der Waals surface area contributed by atoms with Gasteiger partial charge < -0.3 is 5.32 Å². The predicted molar refractivity (Wildman–Crippen MR) is 70.3 cm³/mol. The van der Waals surface area contributed by atoms with Crippen molar-refractivity contribution in [3.05, 3.63) is 42.5 Å². The fraction of sp³-hybridized carbons (Fsp3) is 0.467. The van der Waals surface area contributed by atoms with E-state index in [2.05, 4.69) is 36.2 Å². The third-order valence-corrected chi connectivity index (χ3v) is 3.18. The molecule has 0 aliphatic heterocycles. The number of hydrogen-bond donors (Lipinski definition) is 1. The Hall–Kier alpha value is -1.08. The van der Waals surface area contributed by atoms with Crippen LogP contribution in [0, 0.1) is 5.92 Å². The highest BCUT2D eigenvalue weighted by atomic mass is 14.8. The van der Waals surface area contributed by atoms with Gasteiger partial charge in [-0.3, -0.25) is 0 Å². The quantitative estimate of drug-likeness (QED) is 0.687. The normalized spacial score (nSPS) is 15.0. The fourth-order valence-electron chi connectivity index (χ4n) is 1.94. The van der Waals surface area contributed by atoms with Crippen LogP contribution in [0.15, 0.2) is 36.9 Å². The topological polar surface area (TPSA) is 12.0 Å². The summed E-state index contributed by atoms with van der Waals surface area (Å²) in [5.41, 5.74) is 2.43. The van der Waals surface area contributed by atoms with Crippen molar-refractivity contribution >= 4 is 5.57 Å². The first-order valence-corrected chi connectivity index (χ1v) is 6.30. The largest absolute Gasteiger partial charge is 0.313 e. The zero-order chi connectivity index (χ0) is 11.2. The summed E-state index contributed by atoms with van der Waals surface area (Å²) in [7, 11) is 0. The third-order valence-electron chi connectivity index (χ3n) is 3.18. The molecule has 1 aromatic rings. The Morgan fingerprint density at radius 1 is 1.25 bits per heavy atom. The van der Waals surface area contributed by atoms with Crippen molar-refractivity contribution in [3.8, 4) is 0 Å². The van der Waals surface area contributed by atoms with Crippen LogP contribution in [-0.4, -0.2) is 13.1 Å². The van der Waals surface area contributed by atoms with E-state index >= 15 is 0 Å². The molecule has 1 aliphatic carbocycles. The van der Waals surface area contributed by atoms with Crippen LogP contribution in [0.3, 0.4) is 0 Å². The molecule has 0 heterocycles. The minimum Gasteiger partial charge on any atom is -0.313 e. The molecule has 0 bridgehead atoms. The number of nitrogens with one attached hydrogen (secondary N) is 1. The molecule has 0 spiro atoms. The van der Waals surface area contributed by atoms with Gasteiger partial charge in [0.15, 0.2) is 0 Å². The van der Waals surface area contributed by atoms with E-state index in [1.165, 1.54) is 36.8 Å². The molecule has 1 nitrogen and oxygen atoms in total. The first kappa shape index (κ1) is 11.4. The average molecular weight is 215 g/mol. The molecular formula is C15H21N. The van der Waals surface area contributed by atoms with Crippen LogP contribution in [0.4, 0.5) is 0 Å². The molecule has 1 aliphatic rings. The maximum atomic E-state index is 4.11. The summed E-state index contributed by atoms with van der Waals surface area (Å²) in [5.74, 6) is 1.05. The molecule has 0 radical (unpaired) electrons. The first-order valence-electron chi connectivity index (χ1n) is 6.30. The third kappa shape index (κ3) is 3.82. The molecule has 0 saturated heterocycles. The van der Waals surface area contributed by atoms with Crippen molar-refractivity contribution < 1.29 is 0 Å². The van der Waals surface area contributed by atoms with E-state index in [1.54, 1.807) is 0 Å². The van der Waals surface area contributed by atoms with E-state index in [0.29, 0.717) is 0 Å². The van der Waals surface area contributed by atoms with Gasteiger partial charge in [0.25, 0.3) is 0 Å². The van der Waals surface area contributed by atoms with Crippen LogP contribution in [0.5, 0.6) is 0 Å². The van der Waals surface area contributed by atoms with Crippen molar-refractivity contribution in [1.82, 2.24) is 5.32 Å². The van der Waals surface area contributed by atoms with Gasteiger partial charge in [0.1, 0.15) is 0 Å². The first-order chi connectivity index (χ1) is 7.86. The van der Waals surface area contributed by atoms with Gasteiger partial charge in [-0.15, -0.1) is 0 Å². The molecule has 1 aromatic carbocycles. The zero-order valence-corrected chi connectivity index (χ0v) is 9.91. The maximum absolute atomic E-state index is 4.11. The Morgan fingerprint density at radius 2 is 2.00 bits per heavy atom. The van der Waals surface area contributed by atoms with Crippen LogP contribution < -0.4 is 5.32 Å². The highest BCUT2D eigenvalue weighted by molar-refractivity contribution is 5.64. The Balaban J connectivity index is 1.60. The SMILES string of the molecule is C=C(CNCCCC1CC1)c1ccccc1. The standard InChI is InChI=1S/C15H21N/c1-13(15-7-3-2-4-8-15)12-16-11-5-6-14-9-10-14/h2-4,7-8,14,16H,1,5-6,9-12H2. The summed E-state index contributed by atoms with van der Waals surface area (Å²) in [4.78, 5) is 0. The lowest BCUT2D eigenvalue weighted by molar-refractivity contribution is 0.619. The molecule has 0 atom stereocenters. The lowest BCUT2D eigenvalue weighted by atomic mass is 10.1. The predicted octanol–water partition coefficient (Wildman–Crippen LogP) is 3.48. The minimum atomic E-state index is 0.911. The van der Waals surface area contributed by atoms with E-state index in [9.17, 15) is 0 Å². The maximum Gasteiger partial charge on any atom is 0.0205 e. The lowest BCUT2D eigenvalue weighted by Gasteiger charge is -2.07. The summed E-state index contributed by atoms with van der Waals surface area (Å²) < 4.78 is 0. The van der Waals surface area contributed by atoms with Crippen LogP contribution in [0.25, 0.3) is 5.57 Å².